The first kappa shape index (κ1) is 12.9. The predicted molar refractivity (Wildman–Crippen MR) is 72.0 cm³/mol. The number of carbonyl (C=O) groups excluding carboxylic acids is 1. The minimum Gasteiger partial charge on any atom is -0.508 e. The number of hydrogen-bond acceptors (Lipinski definition) is 2. The normalized spacial score (nSPS) is 9.95. The molecular weight excluding hydrogens is 247 g/mol. The molecule has 0 saturated carbocycles. The van der Waals surface area contributed by atoms with Gasteiger partial charge in [0, 0.05) is 11.4 Å². The number of alkyl halides is 1. The summed E-state index contributed by atoms with van der Waals surface area (Å²) in [6.07, 6.45) is 0. The molecule has 0 saturated heterocycles. The number of aromatic hydroxyl groups is 1. The van der Waals surface area contributed by atoms with Crippen molar-refractivity contribution < 1.29 is 14.3 Å². The molecule has 2 aromatic carbocycles. The highest BCUT2D eigenvalue weighted by molar-refractivity contribution is 5.99. The Morgan fingerprint density at radius 1 is 1.05 bits per heavy atom. The standard InChI is InChI=1S/C14H13FN2O2/c15-9-10-2-1-3-12(8-10)17-14(19)16-11-4-6-13(18)7-5-11/h1-8,18H,9H2,(H2,16,17,19). The highest BCUT2D eigenvalue weighted by atomic mass is 19.1. The van der Waals surface area contributed by atoms with E-state index in [0.29, 0.717) is 16.9 Å². The van der Waals surface area contributed by atoms with E-state index < -0.39 is 12.7 Å². The van der Waals surface area contributed by atoms with Gasteiger partial charge in [-0.05, 0) is 42.0 Å². The summed E-state index contributed by atoms with van der Waals surface area (Å²) in [7, 11) is 0. The van der Waals surface area contributed by atoms with Crippen molar-refractivity contribution in [3.63, 3.8) is 0 Å². The number of urea groups is 1. The van der Waals surface area contributed by atoms with Gasteiger partial charge in [0.1, 0.15) is 12.4 Å². The maximum atomic E-state index is 12.5. The highest BCUT2D eigenvalue weighted by Crippen LogP contribution is 2.15. The molecule has 0 bridgehead atoms. The van der Waals surface area contributed by atoms with Crippen LogP contribution in [0, 0.1) is 0 Å². The Balaban J connectivity index is 1.99. The van der Waals surface area contributed by atoms with Crippen molar-refractivity contribution in [2.45, 2.75) is 6.67 Å². The summed E-state index contributed by atoms with van der Waals surface area (Å²) in [5.74, 6) is 0.126. The average Bonchev–Trinajstić information content (AvgIpc) is 2.41. The van der Waals surface area contributed by atoms with Gasteiger partial charge >= 0.3 is 6.03 Å². The van der Waals surface area contributed by atoms with E-state index in [4.69, 9.17) is 5.11 Å². The van der Waals surface area contributed by atoms with Gasteiger partial charge in [0.25, 0.3) is 0 Å². The highest BCUT2D eigenvalue weighted by Gasteiger charge is 2.03. The predicted octanol–water partition coefficient (Wildman–Crippen LogP) is 3.51. The number of nitrogens with one attached hydrogen (secondary N) is 2. The van der Waals surface area contributed by atoms with Crippen LogP contribution in [0.15, 0.2) is 48.5 Å². The Morgan fingerprint density at radius 3 is 2.42 bits per heavy atom. The Morgan fingerprint density at radius 2 is 1.74 bits per heavy atom. The minimum atomic E-state index is -0.574. The van der Waals surface area contributed by atoms with E-state index in [1.807, 2.05) is 0 Å². The summed E-state index contributed by atoms with van der Waals surface area (Å²) in [6, 6.07) is 12.2. The quantitative estimate of drug-likeness (QED) is 0.739. The fraction of sp³-hybridized carbons (Fsp3) is 0.0714. The molecule has 0 atom stereocenters. The topological polar surface area (TPSA) is 61.4 Å². The number of rotatable bonds is 3. The number of amides is 2. The lowest BCUT2D eigenvalue weighted by atomic mass is 10.2. The lowest BCUT2D eigenvalue weighted by Crippen LogP contribution is -2.19. The zero-order valence-electron chi connectivity index (χ0n) is 10.1. The molecule has 98 valence electrons. The maximum absolute atomic E-state index is 12.5. The third kappa shape index (κ3) is 3.70. The lowest BCUT2D eigenvalue weighted by molar-refractivity contribution is 0.262. The molecule has 2 amide bonds. The van der Waals surface area contributed by atoms with Crippen LogP contribution in [-0.2, 0) is 6.67 Å². The van der Waals surface area contributed by atoms with Crippen LogP contribution < -0.4 is 10.6 Å². The number of anilines is 2. The molecular formula is C14H13FN2O2. The number of halogens is 1. The molecule has 4 nitrogen and oxygen atoms in total. The van der Waals surface area contributed by atoms with E-state index in [1.165, 1.54) is 12.1 Å². The van der Waals surface area contributed by atoms with Crippen molar-refractivity contribution in [2.75, 3.05) is 10.6 Å². The summed E-state index contributed by atoms with van der Waals surface area (Å²) >= 11 is 0. The minimum absolute atomic E-state index is 0.126. The second-order valence-electron chi connectivity index (χ2n) is 3.96. The fourth-order valence-corrected chi connectivity index (χ4v) is 1.57. The first-order valence-corrected chi connectivity index (χ1v) is 5.69. The first-order chi connectivity index (χ1) is 9.17. The van der Waals surface area contributed by atoms with Gasteiger partial charge in [-0.25, -0.2) is 9.18 Å². The fourth-order valence-electron chi connectivity index (χ4n) is 1.57. The molecule has 0 spiro atoms. The summed E-state index contributed by atoms with van der Waals surface area (Å²) in [6.45, 7) is -0.574. The average molecular weight is 260 g/mol. The van der Waals surface area contributed by atoms with Crippen LogP contribution in [0.1, 0.15) is 5.56 Å². The maximum Gasteiger partial charge on any atom is 0.323 e. The monoisotopic (exact) mass is 260 g/mol. The first-order valence-electron chi connectivity index (χ1n) is 5.69. The summed E-state index contributed by atoms with van der Waals surface area (Å²) in [5.41, 5.74) is 1.57. The Kier molecular flexibility index (Phi) is 3.97. The third-order valence-corrected chi connectivity index (χ3v) is 2.46. The second-order valence-corrected chi connectivity index (χ2v) is 3.96. The Hall–Kier alpha value is -2.56. The van der Waals surface area contributed by atoms with Gasteiger partial charge in [0.2, 0.25) is 0 Å². The molecule has 0 aromatic heterocycles. The van der Waals surface area contributed by atoms with Gasteiger partial charge in [0.15, 0.2) is 0 Å². The molecule has 0 aliphatic rings. The SMILES string of the molecule is O=C(Nc1ccc(O)cc1)Nc1cccc(CF)c1. The molecule has 5 heteroatoms. The van der Waals surface area contributed by atoms with Crippen molar-refractivity contribution in [3.8, 4) is 5.75 Å². The van der Waals surface area contributed by atoms with Crippen molar-refractivity contribution in [1.29, 1.82) is 0 Å². The van der Waals surface area contributed by atoms with Gasteiger partial charge in [-0.2, -0.15) is 0 Å². The molecule has 3 N–H and O–H groups in total. The largest absolute Gasteiger partial charge is 0.508 e. The molecule has 0 heterocycles. The number of benzene rings is 2. The van der Waals surface area contributed by atoms with Crippen molar-refractivity contribution in [3.05, 3.63) is 54.1 Å². The van der Waals surface area contributed by atoms with Crippen LogP contribution in [0.5, 0.6) is 5.75 Å². The van der Waals surface area contributed by atoms with Crippen LogP contribution in [0.4, 0.5) is 20.6 Å². The van der Waals surface area contributed by atoms with Crippen molar-refractivity contribution >= 4 is 17.4 Å². The Labute approximate surface area is 109 Å². The van der Waals surface area contributed by atoms with E-state index in [2.05, 4.69) is 10.6 Å². The van der Waals surface area contributed by atoms with E-state index in [1.54, 1.807) is 36.4 Å². The van der Waals surface area contributed by atoms with Crippen LogP contribution in [0.3, 0.4) is 0 Å². The smallest absolute Gasteiger partial charge is 0.323 e. The molecule has 19 heavy (non-hydrogen) atoms. The molecule has 0 unspecified atom stereocenters. The number of phenols is 1. The van der Waals surface area contributed by atoms with E-state index in [0.717, 1.165) is 0 Å². The number of hydrogen-bond donors (Lipinski definition) is 3. The second kappa shape index (κ2) is 5.86. The zero-order valence-corrected chi connectivity index (χ0v) is 10.1. The van der Waals surface area contributed by atoms with Crippen molar-refractivity contribution in [1.82, 2.24) is 0 Å². The molecule has 2 aromatic rings. The van der Waals surface area contributed by atoms with Crippen LogP contribution in [0.25, 0.3) is 0 Å². The van der Waals surface area contributed by atoms with Gasteiger partial charge in [-0.15, -0.1) is 0 Å². The van der Waals surface area contributed by atoms with Crippen LogP contribution in [-0.4, -0.2) is 11.1 Å². The summed E-state index contributed by atoms with van der Waals surface area (Å²) in [5, 5.41) is 14.3. The lowest BCUT2D eigenvalue weighted by Gasteiger charge is -2.08. The zero-order chi connectivity index (χ0) is 13.7. The molecule has 0 radical (unpaired) electrons. The molecule has 2 rings (SSSR count). The third-order valence-electron chi connectivity index (χ3n) is 2.46. The van der Waals surface area contributed by atoms with E-state index in [9.17, 15) is 9.18 Å². The molecule has 0 aliphatic carbocycles. The molecule has 0 aliphatic heterocycles. The summed E-state index contributed by atoms with van der Waals surface area (Å²) < 4.78 is 12.5. The van der Waals surface area contributed by atoms with Gasteiger partial charge in [-0.1, -0.05) is 12.1 Å². The van der Waals surface area contributed by atoms with Gasteiger partial charge in [0.05, 0.1) is 0 Å². The van der Waals surface area contributed by atoms with Gasteiger partial charge < -0.3 is 15.7 Å². The van der Waals surface area contributed by atoms with Gasteiger partial charge in [-0.3, -0.25) is 0 Å². The van der Waals surface area contributed by atoms with E-state index >= 15 is 0 Å². The molecule has 0 fully saturated rings. The summed E-state index contributed by atoms with van der Waals surface area (Å²) in [4.78, 5) is 11.7. The van der Waals surface area contributed by atoms with Crippen LogP contribution in [0.2, 0.25) is 0 Å². The van der Waals surface area contributed by atoms with Crippen molar-refractivity contribution in [2.24, 2.45) is 0 Å². The number of carbonyl (C=O) groups is 1. The van der Waals surface area contributed by atoms with E-state index in [-0.39, 0.29) is 5.75 Å². The number of phenolic OH excluding ortho intramolecular Hbond substituents is 1. The van der Waals surface area contributed by atoms with Crippen LogP contribution >= 0.6 is 0 Å². The Bertz CT molecular complexity index is 570.